The van der Waals surface area contributed by atoms with Crippen LogP contribution in [0.1, 0.15) is 5.56 Å². The third-order valence-electron chi connectivity index (χ3n) is 4.34. The molecule has 3 rings (SSSR count). The van der Waals surface area contributed by atoms with E-state index in [4.69, 9.17) is 17.3 Å². The van der Waals surface area contributed by atoms with Crippen molar-refractivity contribution >= 4 is 48.4 Å². The fourth-order valence-corrected chi connectivity index (χ4v) is 5.93. The Morgan fingerprint density at radius 2 is 2.26 bits per heavy atom. The van der Waals surface area contributed by atoms with E-state index in [0.29, 0.717) is 16.3 Å². The Hall–Kier alpha value is -1.72. The van der Waals surface area contributed by atoms with Gasteiger partial charge in [0.05, 0.1) is 0 Å². The molecule has 0 spiro atoms. The Kier molecular flexibility index (Phi) is 6.02. The summed E-state index contributed by atoms with van der Waals surface area (Å²) in [5.41, 5.74) is 6.65. The molecular formula is C19H20ClN2O3PS. The van der Waals surface area contributed by atoms with Crippen LogP contribution in [-0.2, 0) is 9.36 Å². The minimum absolute atomic E-state index is 0.0900. The third kappa shape index (κ3) is 4.77. The van der Waals surface area contributed by atoms with E-state index in [9.17, 15) is 14.3 Å². The zero-order chi connectivity index (χ0) is 19.6. The van der Waals surface area contributed by atoms with Gasteiger partial charge in [0, 0.05) is 34.8 Å². The maximum Gasteiger partial charge on any atom is 0.240 e. The summed E-state index contributed by atoms with van der Waals surface area (Å²) in [4.78, 5) is 23.0. The van der Waals surface area contributed by atoms with Crippen molar-refractivity contribution in [3.8, 4) is 0 Å². The number of hydrogen-bond donors (Lipinski definition) is 3. The van der Waals surface area contributed by atoms with E-state index in [1.807, 2.05) is 23.6 Å². The van der Waals surface area contributed by atoms with Crippen LogP contribution in [0.5, 0.6) is 0 Å². The minimum Gasteiger partial charge on any atom is -0.399 e. The molecule has 4 atom stereocenters. The summed E-state index contributed by atoms with van der Waals surface area (Å²) < 4.78 is 12.5. The van der Waals surface area contributed by atoms with E-state index in [-0.39, 0.29) is 11.2 Å². The molecule has 1 aromatic carbocycles. The van der Waals surface area contributed by atoms with Gasteiger partial charge in [-0.3, -0.25) is 9.36 Å². The highest BCUT2D eigenvalue weighted by atomic mass is 35.5. The van der Waals surface area contributed by atoms with Crippen molar-refractivity contribution < 1.29 is 14.3 Å². The largest absolute Gasteiger partial charge is 0.399 e. The second-order valence-corrected chi connectivity index (χ2v) is 10.4. The number of amides is 1. The molecule has 1 aromatic rings. The van der Waals surface area contributed by atoms with Gasteiger partial charge in [-0.25, -0.2) is 0 Å². The second-order valence-electron chi connectivity index (χ2n) is 6.51. The number of fused-ring (bicyclic) bond motifs is 1. The molecule has 5 nitrogen and oxygen atoms in total. The lowest BCUT2D eigenvalue weighted by molar-refractivity contribution is -0.119. The Bertz CT molecular complexity index is 919. The summed E-state index contributed by atoms with van der Waals surface area (Å²) in [6.07, 6.45) is 8.73. The minimum atomic E-state index is -3.73. The van der Waals surface area contributed by atoms with Crippen LogP contribution in [0, 0.1) is 5.92 Å². The Labute approximate surface area is 167 Å². The molecule has 0 radical (unpaired) electrons. The number of thioether (sulfide) groups is 1. The molecule has 1 aliphatic heterocycles. The number of nitrogen functional groups attached to an aromatic ring is 1. The number of rotatable bonds is 5. The first-order valence-electron chi connectivity index (χ1n) is 8.29. The first kappa shape index (κ1) is 20.0. The Balaban J connectivity index is 1.78. The molecule has 2 aliphatic rings. The number of halogens is 1. The lowest BCUT2D eigenvalue weighted by Gasteiger charge is -2.26. The smallest absolute Gasteiger partial charge is 0.240 e. The van der Waals surface area contributed by atoms with Gasteiger partial charge in [0.2, 0.25) is 13.3 Å². The van der Waals surface area contributed by atoms with Gasteiger partial charge < -0.3 is 15.9 Å². The van der Waals surface area contributed by atoms with E-state index < -0.39 is 18.9 Å². The van der Waals surface area contributed by atoms with E-state index in [1.165, 1.54) is 24.6 Å². The highest BCUT2D eigenvalue weighted by Gasteiger charge is 2.43. The lowest BCUT2D eigenvalue weighted by Crippen LogP contribution is -2.35. The monoisotopic (exact) mass is 422 g/mol. The van der Waals surface area contributed by atoms with Crippen LogP contribution in [-0.4, -0.2) is 28.4 Å². The molecule has 4 N–H and O–H groups in total. The van der Waals surface area contributed by atoms with Crippen molar-refractivity contribution in [3.05, 3.63) is 70.3 Å². The number of nitrogens with one attached hydrogen (secondary N) is 1. The van der Waals surface area contributed by atoms with E-state index in [1.54, 1.807) is 30.4 Å². The first-order valence-corrected chi connectivity index (χ1v) is 11.8. The Morgan fingerprint density at radius 3 is 2.96 bits per heavy atom. The average molecular weight is 423 g/mol. The predicted octanol–water partition coefficient (Wildman–Crippen LogP) is 3.93. The van der Waals surface area contributed by atoms with Crippen molar-refractivity contribution in [2.75, 3.05) is 12.4 Å². The average Bonchev–Trinajstić information content (AvgIpc) is 2.96. The van der Waals surface area contributed by atoms with Gasteiger partial charge in [-0.2, -0.15) is 0 Å². The highest BCUT2D eigenvalue weighted by Crippen LogP contribution is 2.53. The molecule has 1 heterocycles. The van der Waals surface area contributed by atoms with Crippen LogP contribution < -0.4 is 11.1 Å². The molecule has 0 fully saturated rings. The summed E-state index contributed by atoms with van der Waals surface area (Å²) in [7, 11) is -3.73. The number of benzene rings is 1. The normalized spacial score (nSPS) is 24.7. The number of carbonyl (C=O) groups is 1. The number of allylic oxidation sites excluding steroid dienone is 3. The zero-order valence-corrected chi connectivity index (χ0v) is 17.0. The Morgan fingerprint density at radius 1 is 1.48 bits per heavy atom. The molecule has 1 amide bonds. The molecule has 142 valence electrons. The SMILES string of the molecule is CP(=O)(O)C(C(=O)N/C=C/c1cccc(N)c1)C1=CSC2C=CC(Cl)=CC12. The van der Waals surface area contributed by atoms with Crippen molar-refractivity contribution in [2.24, 2.45) is 5.92 Å². The van der Waals surface area contributed by atoms with Gasteiger partial charge >= 0.3 is 0 Å². The summed E-state index contributed by atoms with van der Waals surface area (Å²) >= 11 is 7.62. The van der Waals surface area contributed by atoms with Crippen molar-refractivity contribution in [2.45, 2.75) is 10.9 Å². The van der Waals surface area contributed by atoms with Crippen molar-refractivity contribution in [1.82, 2.24) is 5.32 Å². The van der Waals surface area contributed by atoms with Gasteiger partial charge in [-0.05, 0) is 40.8 Å². The van der Waals surface area contributed by atoms with Crippen LogP contribution in [0.2, 0.25) is 0 Å². The number of hydrogen-bond acceptors (Lipinski definition) is 4. The molecular weight excluding hydrogens is 403 g/mol. The standard InChI is InChI=1S/C19H20ClN2O3PS/c1-26(24,25)18(16-11-27-17-6-5-13(20)10-15(16)17)19(23)22-8-7-12-3-2-4-14(21)9-12/h2-11,15,17-18H,21H2,1H3,(H,22,23)(H,24,25)/b8-7+. The number of anilines is 1. The number of carbonyl (C=O) groups excluding carboxylic acids is 1. The number of nitrogens with two attached hydrogens (primary N) is 1. The third-order valence-corrected chi connectivity index (χ3v) is 7.25. The molecule has 8 heteroatoms. The summed E-state index contributed by atoms with van der Waals surface area (Å²) in [5.74, 6) is -0.684. The molecule has 0 saturated heterocycles. The van der Waals surface area contributed by atoms with E-state index in [0.717, 1.165) is 5.56 Å². The van der Waals surface area contributed by atoms with Crippen molar-refractivity contribution in [3.63, 3.8) is 0 Å². The van der Waals surface area contributed by atoms with Crippen LogP contribution in [0.4, 0.5) is 5.69 Å². The summed E-state index contributed by atoms with van der Waals surface area (Å²) in [5, 5.41) is 5.09. The van der Waals surface area contributed by atoms with Crippen LogP contribution >= 0.6 is 30.7 Å². The fourth-order valence-electron chi connectivity index (χ4n) is 3.13. The van der Waals surface area contributed by atoms with Crippen LogP contribution in [0.25, 0.3) is 6.08 Å². The summed E-state index contributed by atoms with van der Waals surface area (Å²) in [6.45, 7) is 1.21. The molecule has 1 aliphatic carbocycles. The quantitative estimate of drug-likeness (QED) is 0.494. The molecule has 0 aromatic heterocycles. The van der Waals surface area contributed by atoms with Gasteiger partial charge in [-0.15, -0.1) is 11.8 Å². The molecule has 0 bridgehead atoms. The van der Waals surface area contributed by atoms with Gasteiger partial charge in [0.15, 0.2) is 0 Å². The fraction of sp³-hybridized carbons (Fsp3) is 0.211. The summed E-state index contributed by atoms with van der Waals surface area (Å²) in [6, 6.07) is 7.18. The van der Waals surface area contributed by atoms with Crippen LogP contribution in [0.15, 0.2) is 64.7 Å². The van der Waals surface area contributed by atoms with Crippen LogP contribution in [0.3, 0.4) is 0 Å². The van der Waals surface area contributed by atoms with Gasteiger partial charge in [-0.1, -0.05) is 35.9 Å². The zero-order valence-electron chi connectivity index (χ0n) is 14.6. The predicted molar refractivity (Wildman–Crippen MR) is 114 cm³/mol. The van der Waals surface area contributed by atoms with E-state index >= 15 is 0 Å². The molecule has 0 saturated carbocycles. The maximum absolute atomic E-state index is 12.7. The topological polar surface area (TPSA) is 92.4 Å². The van der Waals surface area contributed by atoms with Gasteiger partial charge in [0.1, 0.15) is 5.66 Å². The highest BCUT2D eigenvalue weighted by molar-refractivity contribution is 8.03. The maximum atomic E-state index is 12.7. The van der Waals surface area contributed by atoms with Gasteiger partial charge in [0.25, 0.3) is 0 Å². The van der Waals surface area contributed by atoms with Crippen molar-refractivity contribution in [1.29, 1.82) is 0 Å². The van der Waals surface area contributed by atoms with E-state index in [2.05, 4.69) is 5.32 Å². The second kappa shape index (κ2) is 8.11. The molecule has 4 unspecified atom stereocenters. The lowest BCUT2D eigenvalue weighted by atomic mass is 9.90. The first-order chi connectivity index (χ1) is 12.8. The molecule has 27 heavy (non-hydrogen) atoms.